The van der Waals surface area contributed by atoms with Crippen LogP contribution in [-0.4, -0.2) is 75.8 Å². The van der Waals surface area contributed by atoms with Gasteiger partial charge in [-0.3, -0.25) is 19.5 Å². The summed E-state index contributed by atoms with van der Waals surface area (Å²) in [5.41, 5.74) is 5.24. The Morgan fingerprint density at radius 3 is 2.60 bits per heavy atom. The average Bonchev–Trinajstić information content (AvgIpc) is 3.41. The predicted molar refractivity (Wildman–Crippen MR) is 153 cm³/mol. The second-order valence-corrected chi connectivity index (χ2v) is 10.5. The lowest BCUT2D eigenvalue weighted by atomic mass is 9.93. The van der Waals surface area contributed by atoms with Crippen molar-refractivity contribution in [3.63, 3.8) is 0 Å². The van der Waals surface area contributed by atoms with E-state index in [9.17, 15) is 9.59 Å². The van der Waals surface area contributed by atoms with E-state index in [4.69, 9.17) is 4.74 Å². The molecule has 40 heavy (non-hydrogen) atoms. The van der Waals surface area contributed by atoms with Gasteiger partial charge in [0.25, 0.3) is 0 Å². The Morgan fingerprint density at radius 2 is 1.82 bits per heavy atom. The highest BCUT2D eigenvalue weighted by molar-refractivity contribution is 5.96. The lowest BCUT2D eigenvalue weighted by molar-refractivity contribution is -0.116. The molecule has 3 aromatic heterocycles. The number of nitrogens with one attached hydrogen (secondary N) is 1. The van der Waals surface area contributed by atoms with E-state index in [-0.39, 0.29) is 18.0 Å². The molecule has 2 fully saturated rings. The second-order valence-electron chi connectivity index (χ2n) is 10.5. The molecule has 2 aliphatic rings. The monoisotopic (exact) mass is 536 g/mol. The maximum Gasteiger partial charge on any atom is 0.185 e. The third-order valence-electron chi connectivity index (χ3n) is 7.61. The Bertz CT molecular complexity index is 1530. The molecule has 9 heteroatoms. The molecule has 0 bridgehead atoms. The number of rotatable bonds is 10. The van der Waals surface area contributed by atoms with Crippen LogP contribution in [0.15, 0.2) is 67.6 Å². The Hall–Kier alpha value is -4.21. The standard InChI is InChI=1S/C31H32N6O3/c1-2-25(38)13-23-18-36(19-23)17-22-7-8-32-28(14-22)29(39)15-21-3-5-24(6-4-21)27-16-26-30(35-27)33-20-34-31(26)37-9-11-40-12-10-37/h2-8,14,16,20,23H,1,9-13,15,17-19H2,(H,33,34,35). The van der Waals surface area contributed by atoms with Crippen molar-refractivity contribution in [1.29, 1.82) is 0 Å². The molecule has 1 N–H and O–H groups in total. The van der Waals surface area contributed by atoms with Gasteiger partial charge in [0.1, 0.15) is 23.5 Å². The molecule has 5 heterocycles. The van der Waals surface area contributed by atoms with Crippen LogP contribution in [0.1, 0.15) is 28.0 Å². The summed E-state index contributed by atoms with van der Waals surface area (Å²) in [7, 11) is 0. The van der Waals surface area contributed by atoms with Gasteiger partial charge in [0.15, 0.2) is 11.6 Å². The number of ether oxygens (including phenoxy) is 1. The number of hydrogen-bond donors (Lipinski definition) is 1. The van der Waals surface area contributed by atoms with Crippen LogP contribution in [0.4, 0.5) is 5.82 Å². The zero-order valence-electron chi connectivity index (χ0n) is 22.4. The van der Waals surface area contributed by atoms with E-state index >= 15 is 0 Å². The number of ketones is 2. The van der Waals surface area contributed by atoms with Gasteiger partial charge in [0.2, 0.25) is 0 Å². The van der Waals surface area contributed by atoms with Gasteiger partial charge in [-0.1, -0.05) is 30.8 Å². The third-order valence-corrected chi connectivity index (χ3v) is 7.61. The Balaban J connectivity index is 1.09. The number of nitrogens with zero attached hydrogens (tertiary/aromatic N) is 5. The quantitative estimate of drug-likeness (QED) is 0.241. The second kappa shape index (κ2) is 11.5. The molecule has 9 nitrogen and oxygen atoms in total. The highest BCUT2D eigenvalue weighted by Gasteiger charge is 2.28. The number of fused-ring (bicyclic) bond motifs is 1. The molecule has 4 aromatic rings. The van der Waals surface area contributed by atoms with Crippen molar-refractivity contribution >= 4 is 28.4 Å². The van der Waals surface area contributed by atoms with Gasteiger partial charge in [0.05, 0.1) is 18.6 Å². The van der Waals surface area contributed by atoms with Crippen LogP contribution in [-0.2, 0) is 22.5 Å². The number of pyridine rings is 1. The van der Waals surface area contributed by atoms with Gasteiger partial charge < -0.3 is 14.6 Å². The minimum atomic E-state index is -0.0105. The molecule has 0 radical (unpaired) electrons. The topological polar surface area (TPSA) is 104 Å². The van der Waals surface area contributed by atoms with E-state index < -0.39 is 0 Å². The Labute approximate surface area is 232 Å². The van der Waals surface area contributed by atoms with Crippen molar-refractivity contribution in [3.8, 4) is 11.3 Å². The molecule has 0 amide bonds. The van der Waals surface area contributed by atoms with E-state index in [1.165, 1.54) is 6.08 Å². The van der Waals surface area contributed by atoms with E-state index in [1.54, 1.807) is 12.5 Å². The summed E-state index contributed by atoms with van der Waals surface area (Å²) in [6.45, 7) is 9.07. The molecule has 1 aromatic carbocycles. The smallest absolute Gasteiger partial charge is 0.185 e. The number of Topliss-reactive ketones (excluding diaryl/α,β-unsaturated/α-hetero) is 1. The van der Waals surface area contributed by atoms with Gasteiger partial charge in [-0.05, 0) is 46.9 Å². The molecule has 2 saturated heterocycles. The van der Waals surface area contributed by atoms with Crippen molar-refractivity contribution in [2.45, 2.75) is 19.4 Å². The van der Waals surface area contributed by atoms with Crippen LogP contribution in [0, 0.1) is 5.92 Å². The van der Waals surface area contributed by atoms with Gasteiger partial charge in [0, 0.05) is 57.5 Å². The summed E-state index contributed by atoms with van der Waals surface area (Å²) in [4.78, 5) is 45.8. The number of anilines is 1. The van der Waals surface area contributed by atoms with Crippen molar-refractivity contribution < 1.29 is 14.3 Å². The van der Waals surface area contributed by atoms with Crippen molar-refractivity contribution in [2.75, 3.05) is 44.3 Å². The number of benzene rings is 1. The molecule has 204 valence electrons. The normalized spacial score (nSPS) is 16.1. The van der Waals surface area contributed by atoms with E-state index in [0.717, 1.165) is 72.0 Å². The minimum Gasteiger partial charge on any atom is -0.378 e. The molecule has 2 aliphatic heterocycles. The van der Waals surface area contributed by atoms with Crippen LogP contribution < -0.4 is 4.90 Å². The number of carbonyl (C=O) groups is 2. The predicted octanol–water partition coefficient (Wildman–Crippen LogP) is 3.86. The van der Waals surface area contributed by atoms with Gasteiger partial charge >= 0.3 is 0 Å². The fraction of sp³-hybridized carbons (Fsp3) is 0.323. The number of aromatic nitrogens is 4. The lowest BCUT2D eigenvalue weighted by Crippen LogP contribution is -2.46. The highest BCUT2D eigenvalue weighted by Crippen LogP contribution is 2.29. The summed E-state index contributed by atoms with van der Waals surface area (Å²) >= 11 is 0. The molecular weight excluding hydrogens is 504 g/mol. The van der Waals surface area contributed by atoms with Crippen LogP contribution >= 0.6 is 0 Å². The van der Waals surface area contributed by atoms with Crippen LogP contribution in [0.25, 0.3) is 22.3 Å². The zero-order chi connectivity index (χ0) is 27.5. The van der Waals surface area contributed by atoms with Crippen molar-refractivity contribution in [1.82, 2.24) is 24.8 Å². The molecule has 6 rings (SSSR count). The molecular formula is C31H32N6O3. The minimum absolute atomic E-state index is 0.0105. The molecule has 0 unspecified atom stereocenters. The average molecular weight is 537 g/mol. The summed E-state index contributed by atoms with van der Waals surface area (Å²) in [6, 6.07) is 13.9. The fourth-order valence-electron chi connectivity index (χ4n) is 5.47. The first-order valence-electron chi connectivity index (χ1n) is 13.7. The molecule has 0 aliphatic carbocycles. The van der Waals surface area contributed by atoms with Gasteiger partial charge in [-0.2, -0.15) is 0 Å². The maximum absolute atomic E-state index is 13.0. The Morgan fingerprint density at radius 1 is 1.02 bits per heavy atom. The van der Waals surface area contributed by atoms with Crippen molar-refractivity contribution in [2.24, 2.45) is 5.92 Å². The molecule has 0 saturated carbocycles. The summed E-state index contributed by atoms with van der Waals surface area (Å²) in [6.07, 6.45) is 5.54. The SMILES string of the molecule is C=CC(=O)CC1CN(Cc2ccnc(C(=O)Cc3ccc(-c4cc5c(N6CCOCC6)ncnc5[nH]4)cc3)c2)C1. The van der Waals surface area contributed by atoms with Crippen LogP contribution in [0.5, 0.6) is 0 Å². The van der Waals surface area contributed by atoms with E-state index in [1.807, 2.05) is 36.4 Å². The number of carbonyl (C=O) groups excluding carboxylic acids is 2. The summed E-state index contributed by atoms with van der Waals surface area (Å²) in [5, 5.41) is 0.989. The number of morpholine rings is 1. The van der Waals surface area contributed by atoms with E-state index in [2.05, 4.69) is 42.4 Å². The molecule has 0 atom stereocenters. The largest absolute Gasteiger partial charge is 0.378 e. The third kappa shape index (κ3) is 5.71. The molecule has 0 spiro atoms. The number of allylic oxidation sites excluding steroid dienone is 1. The Kier molecular flexibility index (Phi) is 7.48. The first-order chi connectivity index (χ1) is 19.6. The van der Waals surface area contributed by atoms with Gasteiger partial charge in [-0.25, -0.2) is 9.97 Å². The number of H-pyrrole nitrogens is 1. The zero-order valence-corrected chi connectivity index (χ0v) is 22.4. The number of hydrogen-bond acceptors (Lipinski definition) is 8. The lowest BCUT2D eigenvalue weighted by Gasteiger charge is -2.39. The first-order valence-corrected chi connectivity index (χ1v) is 13.7. The fourth-order valence-corrected chi connectivity index (χ4v) is 5.47. The van der Waals surface area contributed by atoms with Gasteiger partial charge in [-0.15, -0.1) is 0 Å². The summed E-state index contributed by atoms with van der Waals surface area (Å²) < 4.78 is 5.49. The van der Waals surface area contributed by atoms with Crippen molar-refractivity contribution in [3.05, 3.63) is 84.5 Å². The number of likely N-dealkylation sites (tertiary alicyclic amines) is 1. The number of aromatic amines is 1. The van der Waals surface area contributed by atoms with E-state index in [0.29, 0.717) is 31.2 Å². The first kappa shape index (κ1) is 26.0. The summed E-state index contributed by atoms with van der Waals surface area (Å²) in [5.74, 6) is 1.40. The highest BCUT2D eigenvalue weighted by atomic mass is 16.5. The van der Waals surface area contributed by atoms with Crippen LogP contribution in [0.2, 0.25) is 0 Å². The maximum atomic E-state index is 13.0. The van der Waals surface area contributed by atoms with Crippen LogP contribution in [0.3, 0.4) is 0 Å².